The zero-order valence-corrected chi connectivity index (χ0v) is 19.0. The van der Waals surface area contributed by atoms with Crippen LogP contribution in [0.4, 0.5) is 5.69 Å². The van der Waals surface area contributed by atoms with Gasteiger partial charge in [0.25, 0.3) is 0 Å². The van der Waals surface area contributed by atoms with Crippen LogP contribution in [0.5, 0.6) is 0 Å². The largest absolute Gasteiger partial charge is 0.303 e. The Bertz CT molecular complexity index is 1040. The Kier molecular flexibility index (Phi) is 5.30. The van der Waals surface area contributed by atoms with Crippen LogP contribution < -0.4 is 4.90 Å². The van der Waals surface area contributed by atoms with E-state index >= 15 is 0 Å². The molecule has 4 heteroatoms. The average Bonchev–Trinajstić information content (AvgIpc) is 3.03. The minimum atomic E-state index is -0.494. The number of para-hydroxylation sites is 1. The highest BCUT2D eigenvalue weighted by Crippen LogP contribution is 2.53. The van der Waals surface area contributed by atoms with Crippen molar-refractivity contribution in [3.05, 3.63) is 99.0 Å². The number of amides is 1. The molecule has 1 heterocycles. The van der Waals surface area contributed by atoms with Crippen molar-refractivity contribution in [2.24, 2.45) is 5.41 Å². The minimum Gasteiger partial charge on any atom is -0.303 e. The molecule has 148 valence electrons. The Morgan fingerprint density at radius 3 is 2.10 bits per heavy atom. The molecule has 0 unspecified atom stereocenters. The topological polar surface area (TPSA) is 20.3 Å². The number of rotatable bonds is 2. The van der Waals surface area contributed by atoms with Crippen LogP contribution in [0.15, 0.2) is 77.3 Å². The maximum atomic E-state index is 13.6. The van der Waals surface area contributed by atoms with Crippen molar-refractivity contribution in [3.8, 4) is 0 Å². The van der Waals surface area contributed by atoms with E-state index in [4.69, 9.17) is 11.6 Å². The highest BCUT2D eigenvalue weighted by molar-refractivity contribution is 9.10. The second kappa shape index (κ2) is 7.62. The quantitative estimate of drug-likeness (QED) is 0.384. The maximum absolute atomic E-state index is 13.6. The van der Waals surface area contributed by atoms with Gasteiger partial charge in [-0.2, -0.15) is 0 Å². The second-order valence-electron chi connectivity index (χ2n) is 8.51. The molecule has 0 aliphatic carbocycles. The van der Waals surface area contributed by atoms with Gasteiger partial charge in [-0.3, -0.25) is 4.79 Å². The van der Waals surface area contributed by atoms with Crippen molar-refractivity contribution in [2.75, 3.05) is 4.90 Å². The molecule has 0 aromatic heterocycles. The van der Waals surface area contributed by atoms with Crippen LogP contribution in [0.2, 0.25) is 5.02 Å². The molecule has 0 spiro atoms. The smallest absolute Gasteiger partial charge is 0.232 e. The molecule has 0 saturated heterocycles. The first-order valence-corrected chi connectivity index (χ1v) is 10.9. The van der Waals surface area contributed by atoms with E-state index in [0.717, 1.165) is 15.7 Å². The molecule has 29 heavy (non-hydrogen) atoms. The predicted octanol–water partition coefficient (Wildman–Crippen LogP) is 7.37. The average molecular weight is 469 g/mol. The molecule has 0 fully saturated rings. The number of fused-ring (bicyclic) bond motifs is 1. The summed E-state index contributed by atoms with van der Waals surface area (Å²) in [6, 6.07) is 24.4. The fourth-order valence-electron chi connectivity index (χ4n) is 4.07. The zero-order chi connectivity index (χ0) is 20.8. The summed E-state index contributed by atoms with van der Waals surface area (Å²) in [5, 5.41) is 0.693. The van der Waals surface area contributed by atoms with E-state index in [1.165, 1.54) is 11.1 Å². The molecule has 4 rings (SSSR count). The highest BCUT2D eigenvalue weighted by atomic mass is 79.9. The molecular formula is C25H23BrClNO. The van der Waals surface area contributed by atoms with Crippen molar-refractivity contribution in [3.63, 3.8) is 0 Å². The van der Waals surface area contributed by atoms with Gasteiger partial charge >= 0.3 is 0 Å². The molecule has 0 bridgehead atoms. The van der Waals surface area contributed by atoms with Gasteiger partial charge in [-0.1, -0.05) is 90.8 Å². The van der Waals surface area contributed by atoms with Gasteiger partial charge in [0, 0.05) is 26.5 Å². The van der Waals surface area contributed by atoms with Crippen LogP contribution in [0.25, 0.3) is 0 Å². The molecule has 1 aliphatic rings. The lowest BCUT2D eigenvalue weighted by atomic mass is 9.84. The van der Waals surface area contributed by atoms with E-state index in [1.807, 2.05) is 56.0 Å². The number of carbonyl (C=O) groups is 1. The molecule has 1 amide bonds. The van der Waals surface area contributed by atoms with Gasteiger partial charge in [0.05, 0.1) is 6.04 Å². The summed E-state index contributed by atoms with van der Waals surface area (Å²) in [6.07, 6.45) is 0. The van der Waals surface area contributed by atoms with Crippen molar-refractivity contribution in [2.45, 2.75) is 32.7 Å². The van der Waals surface area contributed by atoms with Gasteiger partial charge in [0.1, 0.15) is 0 Å². The van der Waals surface area contributed by atoms with Crippen LogP contribution >= 0.6 is 27.5 Å². The predicted molar refractivity (Wildman–Crippen MR) is 124 cm³/mol. The standard InChI is InChI=1S/C25H23BrClNO/c1-25(2,3)24(29)28-21-7-5-4-6-20(21)22(16-8-12-18(26)13-9-16)23(28)17-10-14-19(27)15-11-17/h4-15,22-23H,1-3H3/t22-,23+/m1/s1. The minimum absolute atomic E-state index is 0.0479. The van der Waals surface area contributed by atoms with E-state index in [2.05, 4.69) is 58.4 Å². The number of carbonyl (C=O) groups excluding carboxylic acids is 1. The number of anilines is 1. The summed E-state index contributed by atoms with van der Waals surface area (Å²) in [5.41, 5.74) is 3.93. The molecular weight excluding hydrogens is 446 g/mol. The fourth-order valence-corrected chi connectivity index (χ4v) is 4.46. The maximum Gasteiger partial charge on any atom is 0.232 e. The van der Waals surface area contributed by atoms with Gasteiger partial charge < -0.3 is 4.90 Å². The second-order valence-corrected chi connectivity index (χ2v) is 9.86. The Labute approximate surface area is 185 Å². The van der Waals surface area contributed by atoms with Crippen LogP contribution in [0.3, 0.4) is 0 Å². The lowest BCUT2D eigenvalue weighted by molar-refractivity contribution is -0.126. The molecule has 0 N–H and O–H groups in total. The zero-order valence-electron chi connectivity index (χ0n) is 16.7. The molecule has 2 nitrogen and oxygen atoms in total. The molecule has 2 atom stereocenters. The highest BCUT2D eigenvalue weighted by Gasteiger charge is 2.45. The van der Waals surface area contributed by atoms with Gasteiger partial charge in [-0.15, -0.1) is 0 Å². The third-order valence-electron chi connectivity index (χ3n) is 5.43. The monoisotopic (exact) mass is 467 g/mol. The van der Waals surface area contributed by atoms with Crippen LogP contribution in [0, 0.1) is 5.41 Å². The van der Waals surface area contributed by atoms with Crippen molar-refractivity contribution < 1.29 is 4.79 Å². The van der Waals surface area contributed by atoms with Crippen LogP contribution in [-0.2, 0) is 4.79 Å². The van der Waals surface area contributed by atoms with E-state index in [-0.39, 0.29) is 17.9 Å². The Balaban J connectivity index is 1.95. The van der Waals surface area contributed by atoms with E-state index in [1.54, 1.807) is 0 Å². The third kappa shape index (κ3) is 3.74. The molecule has 3 aromatic rings. The molecule has 0 radical (unpaired) electrons. The summed E-state index contributed by atoms with van der Waals surface area (Å²) in [5.74, 6) is 0.163. The summed E-state index contributed by atoms with van der Waals surface area (Å²) in [6.45, 7) is 5.93. The van der Waals surface area contributed by atoms with Crippen molar-refractivity contribution in [1.29, 1.82) is 0 Å². The normalized spacial score (nSPS) is 18.6. The number of nitrogens with zero attached hydrogens (tertiary/aromatic N) is 1. The van der Waals surface area contributed by atoms with E-state index in [9.17, 15) is 4.79 Å². The number of halogens is 2. The lowest BCUT2D eigenvalue weighted by Gasteiger charge is -2.34. The lowest BCUT2D eigenvalue weighted by Crippen LogP contribution is -2.41. The third-order valence-corrected chi connectivity index (χ3v) is 6.21. The van der Waals surface area contributed by atoms with Crippen molar-refractivity contribution in [1.82, 2.24) is 0 Å². The van der Waals surface area contributed by atoms with Crippen LogP contribution in [0.1, 0.15) is 49.4 Å². The van der Waals surface area contributed by atoms with Gasteiger partial charge in [-0.05, 0) is 47.0 Å². The number of benzene rings is 3. The summed E-state index contributed by atoms with van der Waals surface area (Å²) >= 11 is 9.70. The molecule has 0 saturated carbocycles. The number of hydrogen-bond acceptors (Lipinski definition) is 1. The first-order valence-electron chi connectivity index (χ1n) is 9.71. The Hall–Kier alpha value is -2.10. The van der Waals surface area contributed by atoms with Crippen molar-refractivity contribution >= 4 is 39.1 Å². The Morgan fingerprint density at radius 1 is 0.897 bits per heavy atom. The fraction of sp³-hybridized carbons (Fsp3) is 0.240. The first-order chi connectivity index (χ1) is 13.8. The first kappa shape index (κ1) is 20.2. The summed E-state index contributed by atoms with van der Waals surface area (Å²) in [4.78, 5) is 15.6. The van der Waals surface area contributed by atoms with E-state index in [0.29, 0.717) is 5.02 Å². The van der Waals surface area contributed by atoms with Gasteiger partial charge in [-0.25, -0.2) is 0 Å². The van der Waals surface area contributed by atoms with E-state index < -0.39 is 5.41 Å². The van der Waals surface area contributed by atoms with Crippen LogP contribution in [-0.4, -0.2) is 5.91 Å². The molecule has 3 aromatic carbocycles. The SMILES string of the molecule is CC(C)(C)C(=O)N1c2ccccc2[C@@H](c2ccc(Br)cc2)[C@@H]1c1ccc(Cl)cc1. The molecule has 1 aliphatic heterocycles. The Morgan fingerprint density at radius 2 is 1.48 bits per heavy atom. The summed E-state index contributed by atoms with van der Waals surface area (Å²) < 4.78 is 1.04. The van der Waals surface area contributed by atoms with Gasteiger partial charge in [0.15, 0.2) is 0 Å². The number of hydrogen-bond donors (Lipinski definition) is 0. The van der Waals surface area contributed by atoms with Gasteiger partial charge in [0.2, 0.25) is 5.91 Å². The summed E-state index contributed by atoms with van der Waals surface area (Å²) in [7, 11) is 0.